The quantitative estimate of drug-likeness (QED) is 0.673. The van der Waals surface area contributed by atoms with Gasteiger partial charge in [0.2, 0.25) is 5.91 Å². The molecule has 9 nitrogen and oxygen atoms in total. The Hall–Kier alpha value is -3.10. The maximum atomic E-state index is 12.8. The van der Waals surface area contributed by atoms with E-state index < -0.39 is 11.7 Å². The molecule has 1 N–H and O–H groups in total. The van der Waals surface area contributed by atoms with Crippen molar-refractivity contribution in [1.29, 1.82) is 0 Å². The summed E-state index contributed by atoms with van der Waals surface area (Å²) in [4.78, 5) is 52.2. The topological polar surface area (TPSA) is 105 Å². The van der Waals surface area contributed by atoms with Gasteiger partial charge in [0.1, 0.15) is 5.60 Å². The van der Waals surface area contributed by atoms with Gasteiger partial charge in [-0.15, -0.1) is 0 Å². The first-order valence-electron chi connectivity index (χ1n) is 10.8. The van der Waals surface area contributed by atoms with E-state index in [1.165, 1.54) is 11.0 Å². The highest BCUT2D eigenvalue weighted by Crippen LogP contribution is 2.19. The number of amides is 3. The normalized spacial score (nSPS) is 14.5. The highest BCUT2D eigenvalue weighted by atomic mass is 16.6. The molecule has 9 heteroatoms. The Morgan fingerprint density at radius 3 is 2.41 bits per heavy atom. The van der Waals surface area contributed by atoms with E-state index in [0.29, 0.717) is 43.8 Å². The third kappa shape index (κ3) is 7.55. The number of hydrogen-bond acceptors (Lipinski definition) is 6. The molecule has 176 valence electrons. The Kier molecular flexibility index (Phi) is 8.63. The van der Waals surface area contributed by atoms with Crippen molar-refractivity contribution in [3.63, 3.8) is 0 Å². The molecular formula is C23H33N3O6. The van der Waals surface area contributed by atoms with E-state index in [1.807, 2.05) is 0 Å². The van der Waals surface area contributed by atoms with Gasteiger partial charge in [-0.05, 0) is 58.7 Å². The van der Waals surface area contributed by atoms with Gasteiger partial charge in [0.05, 0.1) is 19.1 Å². The summed E-state index contributed by atoms with van der Waals surface area (Å²) in [5.41, 5.74) is 0.129. The molecule has 0 aliphatic carbocycles. The first kappa shape index (κ1) is 25.2. The summed E-state index contributed by atoms with van der Waals surface area (Å²) in [5, 5.41) is 2.60. The lowest BCUT2D eigenvalue weighted by Crippen LogP contribution is -2.45. The first-order valence-corrected chi connectivity index (χ1v) is 10.8. The molecule has 1 saturated heterocycles. The van der Waals surface area contributed by atoms with E-state index in [9.17, 15) is 19.2 Å². The van der Waals surface area contributed by atoms with Gasteiger partial charge < -0.3 is 19.3 Å². The zero-order valence-corrected chi connectivity index (χ0v) is 19.5. The number of piperidine rings is 1. The number of ether oxygens (including phenoxy) is 2. The van der Waals surface area contributed by atoms with Crippen LogP contribution in [0.3, 0.4) is 0 Å². The van der Waals surface area contributed by atoms with Crippen molar-refractivity contribution in [2.24, 2.45) is 5.92 Å². The fourth-order valence-corrected chi connectivity index (χ4v) is 3.37. The van der Waals surface area contributed by atoms with Gasteiger partial charge in [-0.3, -0.25) is 19.7 Å². The molecule has 1 heterocycles. The van der Waals surface area contributed by atoms with Gasteiger partial charge in [-0.25, -0.2) is 4.79 Å². The van der Waals surface area contributed by atoms with Gasteiger partial charge in [-0.1, -0.05) is 6.07 Å². The molecule has 1 fully saturated rings. The number of carbonyl (C=O) groups excluding carboxylic acids is 4. The highest BCUT2D eigenvalue weighted by molar-refractivity contribution is 5.98. The number of anilines is 1. The van der Waals surface area contributed by atoms with E-state index in [4.69, 9.17) is 9.47 Å². The summed E-state index contributed by atoms with van der Waals surface area (Å²) in [7, 11) is 1.56. The molecule has 1 aromatic carbocycles. The average molecular weight is 448 g/mol. The molecule has 0 radical (unpaired) electrons. The summed E-state index contributed by atoms with van der Waals surface area (Å²) in [6.45, 7) is 8.24. The van der Waals surface area contributed by atoms with Crippen LogP contribution >= 0.6 is 0 Å². The number of likely N-dealkylation sites (N-methyl/N-ethyl adjacent to an activating group) is 1. The fraction of sp³-hybridized carbons (Fsp3) is 0.565. The van der Waals surface area contributed by atoms with Crippen molar-refractivity contribution in [3.8, 4) is 0 Å². The summed E-state index contributed by atoms with van der Waals surface area (Å²) in [6, 6.07) is 6.46. The molecular weight excluding hydrogens is 414 g/mol. The van der Waals surface area contributed by atoms with Crippen LogP contribution in [-0.4, -0.2) is 72.6 Å². The predicted molar refractivity (Wildman–Crippen MR) is 119 cm³/mol. The lowest BCUT2D eigenvalue weighted by Gasteiger charge is -2.32. The SMILES string of the molecule is CCOC(=O)C1CCN(C(=O)CN(C)C(=O)c2cccc(NC(=O)OC(C)(C)C)c2)CC1. The van der Waals surface area contributed by atoms with Crippen LogP contribution in [0.4, 0.5) is 10.5 Å². The van der Waals surface area contributed by atoms with Crippen molar-refractivity contribution < 1.29 is 28.7 Å². The zero-order valence-electron chi connectivity index (χ0n) is 19.5. The van der Waals surface area contributed by atoms with Crippen molar-refractivity contribution in [2.75, 3.05) is 38.6 Å². The molecule has 1 aliphatic rings. The standard InChI is InChI=1S/C23H33N3O6/c1-6-31-21(29)16-10-12-26(13-11-16)19(27)15-25(5)20(28)17-8-7-9-18(14-17)24-22(30)32-23(2,3)4/h7-9,14,16H,6,10-13,15H2,1-5H3,(H,24,30). The van der Waals surface area contributed by atoms with Gasteiger partial charge >= 0.3 is 12.1 Å². The maximum Gasteiger partial charge on any atom is 0.412 e. The Labute approximate surface area is 189 Å². The zero-order chi connectivity index (χ0) is 23.9. The van der Waals surface area contributed by atoms with Crippen LogP contribution in [0.15, 0.2) is 24.3 Å². The number of benzene rings is 1. The number of likely N-dealkylation sites (tertiary alicyclic amines) is 1. The van der Waals surface area contributed by atoms with Crippen LogP contribution in [0.25, 0.3) is 0 Å². The van der Waals surface area contributed by atoms with Crippen molar-refractivity contribution in [3.05, 3.63) is 29.8 Å². The number of esters is 1. The van der Waals surface area contributed by atoms with Gasteiger partial charge in [0.25, 0.3) is 5.91 Å². The van der Waals surface area contributed by atoms with Crippen LogP contribution in [0, 0.1) is 5.92 Å². The molecule has 0 unspecified atom stereocenters. The molecule has 0 aromatic heterocycles. The molecule has 3 amide bonds. The number of carbonyl (C=O) groups is 4. The van der Waals surface area contributed by atoms with E-state index >= 15 is 0 Å². The second kappa shape index (κ2) is 11.0. The average Bonchev–Trinajstić information content (AvgIpc) is 2.72. The maximum absolute atomic E-state index is 12.8. The smallest absolute Gasteiger partial charge is 0.412 e. The predicted octanol–water partition coefficient (Wildman–Crippen LogP) is 2.91. The Bertz CT molecular complexity index is 840. The van der Waals surface area contributed by atoms with Gasteiger partial charge in [0.15, 0.2) is 0 Å². The third-order valence-electron chi connectivity index (χ3n) is 4.94. The molecule has 0 bridgehead atoms. The highest BCUT2D eigenvalue weighted by Gasteiger charge is 2.29. The number of nitrogens with one attached hydrogen (secondary N) is 1. The second-order valence-corrected chi connectivity index (χ2v) is 8.78. The number of rotatable bonds is 6. The van der Waals surface area contributed by atoms with Crippen molar-refractivity contribution in [1.82, 2.24) is 9.80 Å². The molecule has 0 spiro atoms. The van der Waals surface area contributed by atoms with E-state index in [1.54, 1.807) is 57.8 Å². The molecule has 32 heavy (non-hydrogen) atoms. The van der Waals surface area contributed by atoms with E-state index in [0.717, 1.165) is 0 Å². The van der Waals surface area contributed by atoms with E-state index in [2.05, 4.69) is 5.32 Å². The largest absolute Gasteiger partial charge is 0.466 e. The van der Waals surface area contributed by atoms with Crippen molar-refractivity contribution in [2.45, 2.75) is 46.1 Å². The molecule has 2 rings (SSSR count). The monoisotopic (exact) mass is 447 g/mol. The van der Waals surface area contributed by atoms with Crippen LogP contribution in [0.5, 0.6) is 0 Å². The summed E-state index contributed by atoms with van der Waals surface area (Å²) in [5.74, 6) is -0.913. The Balaban J connectivity index is 1.90. The number of hydrogen-bond donors (Lipinski definition) is 1. The molecule has 1 aromatic rings. The van der Waals surface area contributed by atoms with Gasteiger partial charge in [-0.2, -0.15) is 0 Å². The fourth-order valence-electron chi connectivity index (χ4n) is 3.37. The molecule has 1 aliphatic heterocycles. The van der Waals surface area contributed by atoms with Crippen LogP contribution in [-0.2, 0) is 19.1 Å². The Morgan fingerprint density at radius 1 is 1.16 bits per heavy atom. The van der Waals surface area contributed by atoms with Crippen LogP contribution in [0.1, 0.15) is 50.9 Å². The lowest BCUT2D eigenvalue weighted by molar-refractivity contribution is -0.151. The second-order valence-electron chi connectivity index (χ2n) is 8.78. The lowest BCUT2D eigenvalue weighted by atomic mass is 9.97. The number of nitrogens with zero attached hydrogens (tertiary/aromatic N) is 2. The Morgan fingerprint density at radius 2 is 1.81 bits per heavy atom. The van der Waals surface area contributed by atoms with Crippen molar-refractivity contribution >= 4 is 29.6 Å². The third-order valence-corrected chi connectivity index (χ3v) is 4.94. The van der Waals surface area contributed by atoms with Crippen LogP contribution < -0.4 is 5.32 Å². The first-order chi connectivity index (χ1) is 15.0. The van der Waals surface area contributed by atoms with Gasteiger partial charge in [0, 0.05) is 31.4 Å². The minimum Gasteiger partial charge on any atom is -0.466 e. The molecule has 0 saturated carbocycles. The van der Waals surface area contributed by atoms with E-state index in [-0.39, 0.29) is 30.2 Å². The summed E-state index contributed by atoms with van der Waals surface area (Å²) < 4.78 is 10.3. The molecule has 0 atom stereocenters. The minimum atomic E-state index is -0.636. The summed E-state index contributed by atoms with van der Waals surface area (Å²) >= 11 is 0. The minimum absolute atomic E-state index is 0.0768. The van der Waals surface area contributed by atoms with Crippen LogP contribution in [0.2, 0.25) is 0 Å². The summed E-state index contributed by atoms with van der Waals surface area (Å²) in [6.07, 6.45) is 0.498.